The molecule has 126 valence electrons. The molecule has 3 rings (SSSR count). The third-order valence-corrected chi connectivity index (χ3v) is 4.25. The molecule has 0 unspecified atom stereocenters. The Hall–Kier alpha value is -1.42. The number of nitrogen functional groups attached to an aromatic ring is 1. The first-order chi connectivity index (χ1) is 10.2. The van der Waals surface area contributed by atoms with Crippen LogP contribution in [0.4, 0.5) is 11.4 Å². The van der Waals surface area contributed by atoms with E-state index in [4.69, 9.17) is 5.73 Å². The van der Waals surface area contributed by atoms with E-state index in [0.29, 0.717) is 0 Å². The molecule has 1 aliphatic heterocycles. The maximum atomic E-state index is 6.02. The summed E-state index contributed by atoms with van der Waals surface area (Å²) in [4.78, 5) is 4.95. The molecule has 1 fully saturated rings. The molecule has 0 aromatic heterocycles. The predicted molar refractivity (Wildman–Crippen MR) is 104 cm³/mol. The zero-order valence-electron chi connectivity index (χ0n) is 13.4. The lowest BCUT2D eigenvalue weighted by molar-refractivity contribution is 0.250. The van der Waals surface area contributed by atoms with Crippen LogP contribution in [0, 0.1) is 6.92 Å². The van der Waals surface area contributed by atoms with Gasteiger partial charge in [-0.05, 0) is 30.2 Å². The van der Waals surface area contributed by atoms with Crippen LogP contribution in [0.2, 0.25) is 0 Å². The average molecular weight is 354 g/mol. The predicted octanol–water partition coefficient (Wildman–Crippen LogP) is 3.74. The molecule has 0 saturated carbocycles. The van der Waals surface area contributed by atoms with Gasteiger partial charge in [0.05, 0.1) is 0 Å². The summed E-state index contributed by atoms with van der Waals surface area (Å²) in [7, 11) is 0. The van der Waals surface area contributed by atoms with Crippen molar-refractivity contribution >= 4 is 36.2 Å². The Morgan fingerprint density at radius 3 is 2.17 bits per heavy atom. The Morgan fingerprint density at radius 2 is 1.57 bits per heavy atom. The number of anilines is 2. The topological polar surface area (TPSA) is 32.5 Å². The van der Waals surface area contributed by atoms with E-state index in [-0.39, 0.29) is 24.8 Å². The Kier molecular flexibility index (Phi) is 7.69. The monoisotopic (exact) mass is 353 g/mol. The Labute approximate surface area is 151 Å². The van der Waals surface area contributed by atoms with E-state index in [2.05, 4.69) is 65.3 Å². The molecule has 2 aromatic rings. The first kappa shape index (κ1) is 19.6. The van der Waals surface area contributed by atoms with Gasteiger partial charge in [0.25, 0.3) is 0 Å². The Bertz CT molecular complexity index is 596. The minimum atomic E-state index is 0. The summed E-state index contributed by atoms with van der Waals surface area (Å²) in [5.74, 6) is 0. The van der Waals surface area contributed by atoms with Crippen molar-refractivity contribution in [2.75, 3.05) is 36.8 Å². The number of aryl methyl sites for hydroxylation is 1. The second-order valence-corrected chi connectivity index (χ2v) is 5.79. The third kappa shape index (κ3) is 5.03. The molecule has 0 aliphatic carbocycles. The number of benzene rings is 2. The van der Waals surface area contributed by atoms with Gasteiger partial charge in [0.1, 0.15) is 0 Å². The van der Waals surface area contributed by atoms with Crippen molar-refractivity contribution in [1.82, 2.24) is 4.90 Å². The number of hydrogen-bond donors (Lipinski definition) is 1. The molecular weight excluding hydrogens is 329 g/mol. The summed E-state index contributed by atoms with van der Waals surface area (Å²) in [5, 5.41) is 0. The molecule has 0 amide bonds. The summed E-state index contributed by atoms with van der Waals surface area (Å²) in [6.07, 6.45) is 0. The van der Waals surface area contributed by atoms with Crippen LogP contribution in [-0.2, 0) is 6.54 Å². The quantitative estimate of drug-likeness (QED) is 0.853. The molecule has 0 bridgehead atoms. The number of hydrogen-bond acceptors (Lipinski definition) is 3. The van der Waals surface area contributed by atoms with E-state index in [1.54, 1.807) is 0 Å². The van der Waals surface area contributed by atoms with Gasteiger partial charge in [-0.1, -0.05) is 36.4 Å². The summed E-state index contributed by atoms with van der Waals surface area (Å²) in [6, 6.07) is 17.1. The van der Waals surface area contributed by atoms with Gasteiger partial charge in [0.15, 0.2) is 0 Å². The van der Waals surface area contributed by atoms with Gasteiger partial charge in [-0.25, -0.2) is 0 Å². The fraction of sp³-hybridized carbons (Fsp3) is 0.333. The number of rotatable bonds is 3. The molecular formula is C18H25Cl2N3. The van der Waals surface area contributed by atoms with Gasteiger partial charge in [0, 0.05) is 44.1 Å². The second kappa shape index (κ2) is 9.02. The minimum Gasteiger partial charge on any atom is -0.398 e. The smallest absolute Gasteiger partial charge is 0.0387 e. The van der Waals surface area contributed by atoms with Crippen LogP contribution in [0.1, 0.15) is 11.1 Å². The first-order valence-electron chi connectivity index (χ1n) is 7.60. The van der Waals surface area contributed by atoms with Crippen molar-refractivity contribution in [1.29, 1.82) is 0 Å². The van der Waals surface area contributed by atoms with Crippen LogP contribution >= 0.6 is 24.8 Å². The summed E-state index contributed by atoms with van der Waals surface area (Å²) < 4.78 is 0. The van der Waals surface area contributed by atoms with Crippen molar-refractivity contribution in [2.45, 2.75) is 13.5 Å². The minimum absolute atomic E-state index is 0. The van der Waals surface area contributed by atoms with Gasteiger partial charge in [-0.15, -0.1) is 24.8 Å². The standard InChI is InChI=1S/C18H23N3.2ClH/c1-15-7-8-17(13-18(15)19)21-11-9-20(10-12-21)14-16-5-3-2-4-6-16;;/h2-8,13H,9-12,14,19H2,1H3;2*1H. The SMILES string of the molecule is Cc1ccc(N2CCN(Cc3ccccc3)CC2)cc1N.Cl.Cl. The molecule has 0 atom stereocenters. The van der Waals surface area contributed by atoms with Crippen LogP contribution in [0.3, 0.4) is 0 Å². The van der Waals surface area contributed by atoms with Crippen LogP contribution in [0.5, 0.6) is 0 Å². The molecule has 2 aromatic carbocycles. The third-order valence-electron chi connectivity index (χ3n) is 4.25. The molecule has 0 radical (unpaired) electrons. The van der Waals surface area contributed by atoms with E-state index in [0.717, 1.165) is 44.0 Å². The van der Waals surface area contributed by atoms with E-state index in [1.807, 2.05) is 0 Å². The lowest BCUT2D eigenvalue weighted by Gasteiger charge is -2.36. The van der Waals surface area contributed by atoms with Crippen molar-refractivity contribution in [3.05, 3.63) is 59.7 Å². The second-order valence-electron chi connectivity index (χ2n) is 5.79. The van der Waals surface area contributed by atoms with Crippen molar-refractivity contribution in [3.8, 4) is 0 Å². The van der Waals surface area contributed by atoms with Gasteiger partial charge in [-0.2, -0.15) is 0 Å². The number of nitrogens with zero attached hydrogens (tertiary/aromatic N) is 2. The van der Waals surface area contributed by atoms with Gasteiger partial charge >= 0.3 is 0 Å². The Morgan fingerprint density at radius 1 is 0.913 bits per heavy atom. The maximum absolute atomic E-state index is 6.02. The highest BCUT2D eigenvalue weighted by atomic mass is 35.5. The molecule has 5 heteroatoms. The van der Waals surface area contributed by atoms with Crippen LogP contribution in [0.25, 0.3) is 0 Å². The average Bonchev–Trinajstić information content (AvgIpc) is 2.52. The summed E-state index contributed by atoms with van der Waals surface area (Å²) in [5.41, 5.74) is 10.7. The molecule has 1 heterocycles. The molecule has 1 aliphatic rings. The highest BCUT2D eigenvalue weighted by Gasteiger charge is 2.17. The molecule has 1 saturated heterocycles. The lowest BCUT2D eigenvalue weighted by atomic mass is 10.1. The van der Waals surface area contributed by atoms with E-state index in [1.165, 1.54) is 11.3 Å². The first-order valence-corrected chi connectivity index (χ1v) is 7.60. The largest absolute Gasteiger partial charge is 0.398 e. The fourth-order valence-corrected chi connectivity index (χ4v) is 2.83. The molecule has 2 N–H and O–H groups in total. The van der Waals surface area contributed by atoms with Crippen molar-refractivity contribution in [2.24, 2.45) is 0 Å². The highest BCUT2D eigenvalue weighted by molar-refractivity contribution is 5.85. The van der Waals surface area contributed by atoms with Crippen molar-refractivity contribution < 1.29 is 0 Å². The van der Waals surface area contributed by atoms with Crippen LogP contribution < -0.4 is 10.6 Å². The molecule has 0 spiro atoms. The zero-order chi connectivity index (χ0) is 14.7. The zero-order valence-corrected chi connectivity index (χ0v) is 15.1. The van der Waals surface area contributed by atoms with E-state index < -0.39 is 0 Å². The summed E-state index contributed by atoms with van der Waals surface area (Å²) in [6.45, 7) is 7.43. The number of nitrogens with two attached hydrogens (primary N) is 1. The van der Waals surface area contributed by atoms with Gasteiger partial charge in [-0.3, -0.25) is 4.90 Å². The number of piperazine rings is 1. The van der Waals surface area contributed by atoms with Gasteiger partial charge in [0.2, 0.25) is 0 Å². The number of halogens is 2. The normalized spacial score (nSPS) is 14.7. The van der Waals surface area contributed by atoms with Gasteiger partial charge < -0.3 is 10.6 Å². The van der Waals surface area contributed by atoms with E-state index >= 15 is 0 Å². The summed E-state index contributed by atoms with van der Waals surface area (Å²) >= 11 is 0. The van der Waals surface area contributed by atoms with Crippen LogP contribution in [-0.4, -0.2) is 31.1 Å². The maximum Gasteiger partial charge on any atom is 0.0387 e. The van der Waals surface area contributed by atoms with Crippen molar-refractivity contribution in [3.63, 3.8) is 0 Å². The molecule has 3 nitrogen and oxygen atoms in total. The fourth-order valence-electron chi connectivity index (χ4n) is 2.83. The molecule has 23 heavy (non-hydrogen) atoms. The van der Waals surface area contributed by atoms with E-state index in [9.17, 15) is 0 Å². The van der Waals surface area contributed by atoms with Crippen LogP contribution in [0.15, 0.2) is 48.5 Å². The Balaban J connectivity index is 0.00000132. The lowest BCUT2D eigenvalue weighted by Crippen LogP contribution is -2.46. The highest BCUT2D eigenvalue weighted by Crippen LogP contribution is 2.22.